The van der Waals surface area contributed by atoms with E-state index in [1.165, 1.54) is 6.07 Å². The minimum Gasteiger partial charge on any atom is -0.444 e. The number of rotatable bonds is 8. The number of halogens is 2. The molecule has 1 amide bonds. The topological polar surface area (TPSA) is 84.0 Å². The van der Waals surface area contributed by atoms with Crippen LogP contribution in [-0.4, -0.2) is 57.0 Å². The van der Waals surface area contributed by atoms with Gasteiger partial charge in [-0.15, -0.1) is 24.0 Å². The second kappa shape index (κ2) is 13.8. The summed E-state index contributed by atoms with van der Waals surface area (Å²) in [6.07, 6.45) is 1.93. The Morgan fingerprint density at radius 2 is 1.88 bits per heavy atom. The van der Waals surface area contributed by atoms with Crippen molar-refractivity contribution in [2.24, 2.45) is 4.99 Å². The normalized spacial score (nSPS) is 16.0. The number of carbonyl (C=O) groups is 1. The van der Waals surface area contributed by atoms with Gasteiger partial charge in [0.1, 0.15) is 11.4 Å². The first-order chi connectivity index (χ1) is 14.7. The van der Waals surface area contributed by atoms with Crippen molar-refractivity contribution < 1.29 is 18.7 Å². The molecule has 0 bridgehead atoms. The van der Waals surface area contributed by atoms with E-state index in [4.69, 9.17) is 14.5 Å². The van der Waals surface area contributed by atoms with E-state index >= 15 is 0 Å². The molecule has 3 N–H and O–H groups in total. The number of hydrogen-bond acceptors (Lipinski definition) is 4. The van der Waals surface area contributed by atoms with E-state index in [0.29, 0.717) is 38.8 Å². The van der Waals surface area contributed by atoms with Gasteiger partial charge in [0.25, 0.3) is 0 Å². The largest absolute Gasteiger partial charge is 0.444 e. The molecule has 0 atom stereocenters. The average Bonchev–Trinajstić information content (AvgIpc) is 2.71. The molecular formula is C23H38FIN4O3. The molecule has 0 radical (unpaired) electrons. The van der Waals surface area contributed by atoms with Crippen molar-refractivity contribution in [1.29, 1.82) is 0 Å². The highest BCUT2D eigenvalue weighted by atomic mass is 127. The lowest BCUT2D eigenvalue weighted by molar-refractivity contribution is 0.0524. The molecule has 1 aliphatic rings. The van der Waals surface area contributed by atoms with Gasteiger partial charge < -0.3 is 25.4 Å². The van der Waals surface area contributed by atoms with E-state index in [0.717, 1.165) is 31.4 Å². The molecule has 1 saturated heterocycles. The molecule has 7 nitrogen and oxygen atoms in total. The van der Waals surface area contributed by atoms with Crippen molar-refractivity contribution in [1.82, 2.24) is 16.0 Å². The monoisotopic (exact) mass is 564 g/mol. The first-order valence-electron chi connectivity index (χ1n) is 11.1. The first kappa shape index (κ1) is 28.4. The zero-order valence-corrected chi connectivity index (χ0v) is 22.0. The molecule has 0 spiro atoms. The van der Waals surface area contributed by atoms with E-state index in [1.54, 1.807) is 12.1 Å². The second-order valence-electron chi connectivity index (χ2n) is 8.81. The molecule has 1 fully saturated rings. The Hall–Kier alpha value is -1.62. The summed E-state index contributed by atoms with van der Waals surface area (Å²) in [4.78, 5) is 16.5. The van der Waals surface area contributed by atoms with E-state index in [1.807, 2.05) is 33.8 Å². The predicted octanol–water partition coefficient (Wildman–Crippen LogP) is 3.96. The number of hydrogen-bond donors (Lipinski definition) is 3. The molecule has 0 saturated carbocycles. The molecule has 9 heteroatoms. The van der Waals surface area contributed by atoms with E-state index in [9.17, 15) is 9.18 Å². The van der Waals surface area contributed by atoms with Crippen LogP contribution in [0.15, 0.2) is 29.3 Å². The SMILES string of the molecule is CCNC(=NCC1(c2cccc(F)c2)CCOCC1)NCCCNC(=O)OC(C)(C)C.I. The fourth-order valence-electron chi connectivity index (χ4n) is 3.49. The van der Waals surface area contributed by atoms with E-state index in [2.05, 4.69) is 16.0 Å². The molecule has 1 heterocycles. The number of ether oxygens (including phenoxy) is 2. The Kier molecular flexibility index (Phi) is 12.3. The summed E-state index contributed by atoms with van der Waals surface area (Å²) in [6, 6.07) is 6.82. The molecule has 0 unspecified atom stereocenters. The van der Waals surface area contributed by atoms with Crippen molar-refractivity contribution in [3.05, 3.63) is 35.6 Å². The Labute approximate surface area is 208 Å². The van der Waals surface area contributed by atoms with Crippen LogP contribution in [0.4, 0.5) is 9.18 Å². The maximum atomic E-state index is 13.9. The lowest BCUT2D eigenvalue weighted by Gasteiger charge is -2.36. The Balaban J connectivity index is 0.00000512. The van der Waals surface area contributed by atoms with Crippen LogP contribution in [0.25, 0.3) is 0 Å². The number of carbonyl (C=O) groups excluding carboxylic acids is 1. The van der Waals surface area contributed by atoms with Crippen LogP contribution in [0.5, 0.6) is 0 Å². The van der Waals surface area contributed by atoms with Crippen LogP contribution < -0.4 is 16.0 Å². The van der Waals surface area contributed by atoms with Gasteiger partial charge in [-0.2, -0.15) is 0 Å². The van der Waals surface area contributed by atoms with Gasteiger partial charge in [0, 0.05) is 38.3 Å². The fraction of sp³-hybridized carbons (Fsp3) is 0.652. The third-order valence-corrected chi connectivity index (χ3v) is 5.09. The highest BCUT2D eigenvalue weighted by molar-refractivity contribution is 14.0. The first-order valence-corrected chi connectivity index (χ1v) is 11.1. The average molecular weight is 564 g/mol. The number of alkyl carbamates (subject to hydrolysis) is 1. The summed E-state index contributed by atoms with van der Waals surface area (Å²) in [6.45, 7) is 11.2. The summed E-state index contributed by atoms with van der Waals surface area (Å²) < 4.78 is 24.6. The van der Waals surface area contributed by atoms with Crippen molar-refractivity contribution in [3.8, 4) is 0 Å². The van der Waals surface area contributed by atoms with Crippen LogP contribution in [0.1, 0.15) is 52.5 Å². The highest BCUT2D eigenvalue weighted by Gasteiger charge is 2.34. The van der Waals surface area contributed by atoms with Crippen molar-refractivity contribution in [2.75, 3.05) is 39.4 Å². The van der Waals surface area contributed by atoms with Crippen LogP contribution in [0.3, 0.4) is 0 Å². The minimum absolute atomic E-state index is 0. The van der Waals surface area contributed by atoms with Crippen LogP contribution in [0, 0.1) is 5.82 Å². The van der Waals surface area contributed by atoms with Crippen LogP contribution >= 0.6 is 24.0 Å². The minimum atomic E-state index is -0.505. The predicted molar refractivity (Wildman–Crippen MR) is 136 cm³/mol. The van der Waals surface area contributed by atoms with Gasteiger partial charge in [0.05, 0.1) is 6.54 Å². The lowest BCUT2D eigenvalue weighted by atomic mass is 9.74. The summed E-state index contributed by atoms with van der Waals surface area (Å²) >= 11 is 0. The standard InChI is InChI=1S/C23H37FN4O3.HI/c1-5-25-20(26-12-7-13-27-21(29)31-22(2,3)4)28-17-23(10-14-30-15-11-23)18-8-6-9-19(24)16-18;/h6,8-9,16H,5,7,10-15,17H2,1-4H3,(H,27,29)(H2,25,26,28);1H. The summed E-state index contributed by atoms with van der Waals surface area (Å²) in [5.74, 6) is 0.483. The molecule has 0 aliphatic carbocycles. The van der Waals surface area contributed by atoms with E-state index < -0.39 is 11.7 Å². The van der Waals surface area contributed by atoms with Crippen molar-refractivity contribution >= 4 is 36.0 Å². The number of guanidine groups is 1. The zero-order valence-electron chi connectivity index (χ0n) is 19.6. The Bertz CT molecular complexity index is 734. The maximum absolute atomic E-state index is 13.9. The number of nitrogens with zero attached hydrogens (tertiary/aromatic N) is 1. The molecule has 0 aromatic heterocycles. The summed E-state index contributed by atoms with van der Waals surface area (Å²) in [7, 11) is 0. The molecule has 1 aliphatic heterocycles. The number of amides is 1. The van der Waals surface area contributed by atoms with E-state index in [-0.39, 0.29) is 35.2 Å². The number of benzene rings is 1. The van der Waals surface area contributed by atoms with Gasteiger partial charge in [-0.1, -0.05) is 12.1 Å². The smallest absolute Gasteiger partial charge is 0.407 e. The van der Waals surface area contributed by atoms with Crippen molar-refractivity contribution in [2.45, 2.75) is 58.0 Å². The zero-order chi connectivity index (χ0) is 22.7. The Morgan fingerprint density at radius 3 is 2.50 bits per heavy atom. The summed E-state index contributed by atoms with van der Waals surface area (Å²) in [5, 5.41) is 9.31. The van der Waals surface area contributed by atoms with Gasteiger partial charge in [-0.05, 0) is 64.7 Å². The molecule has 1 aromatic carbocycles. The Morgan fingerprint density at radius 1 is 1.19 bits per heavy atom. The molecule has 182 valence electrons. The second-order valence-corrected chi connectivity index (χ2v) is 8.81. The molecule has 2 rings (SSSR count). The van der Waals surface area contributed by atoms with Crippen LogP contribution in [0.2, 0.25) is 0 Å². The highest BCUT2D eigenvalue weighted by Crippen LogP contribution is 2.35. The number of aliphatic imine (C=N–C) groups is 1. The fourth-order valence-corrected chi connectivity index (χ4v) is 3.49. The van der Waals surface area contributed by atoms with Gasteiger partial charge in [0.2, 0.25) is 0 Å². The molecule has 32 heavy (non-hydrogen) atoms. The number of nitrogens with one attached hydrogen (secondary N) is 3. The molecular weight excluding hydrogens is 526 g/mol. The van der Waals surface area contributed by atoms with Gasteiger partial charge in [-0.3, -0.25) is 4.99 Å². The maximum Gasteiger partial charge on any atom is 0.407 e. The third-order valence-electron chi connectivity index (χ3n) is 5.09. The van der Waals surface area contributed by atoms with Gasteiger partial charge >= 0.3 is 6.09 Å². The van der Waals surface area contributed by atoms with Gasteiger partial charge in [0.15, 0.2) is 5.96 Å². The quantitative estimate of drug-likeness (QED) is 0.193. The van der Waals surface area contributed by atoms with Gasteiger partial charge in [-0.25, -0.2) is 9.18 Å². The lowest BCUT2D eigenvalue weighted by Crippen LogP contribution is -2.42. The van der Waals surface area contributed by atoms with Crippen LogP contribution in [-0.2, 0) is 14.9 Å². The van der Waals surface area contributed by atoms with Crippen molar-refractivity contribution in [3.63, 3.8) is 0 Å². The molecule has 1 aromatic rings. The third kappa shape index (κ3) is 9.89. The summed E-state index contributed by atoms with van der Waals surface area (Å²) in [5.41, 5.74) is 0.229.